The van der Waals surface area contributed by atoms with Crippen LogP contribution in [0.25, 0.3) is 0 Å². The van der Waals surface area contributed by atoms with Gasteiger partial charge in [-0.05, 0) is 86.2 Å². The van der Waals surface area contributed by atoms with E-state index < -0.39 is 6.29 Å². The first-order chi connectivity index (χ1) is 13.5. The summed E-state index contributed by atoms with van der Waals surface area (Å²) in [5.41, 5.74) is 1.91. The van der Waals surface area contributed by atoms with Crippen LogP contribution in [0.15, 0.2) is 29.0 Å². The van der Waals surface area contributed by atoms with Gasteiger partial charge in [-0.3, -0.25) is 0 Å². The minimum absolute atomic E-state index is 0.0866. The number of aliphatic hydroxyl groups is 2. The second-order valence-electron chi connectivity index (χ2n) is 10.5. The standard InChI is InChI=1S/C23H31NO4/c1-22-6-4-15-14-3-2-13(24-27)9-16(14)12(11-25)8-17(15)21(22)18-10-19(18)23(22)7-5-20(26)28-23/h5,7,9,12,14-15,17-21,25-27H,2-4,6,8,10-11H2,1H3/b24-13+/t12-,14-,15?,17?,18+,19-,20?,21?,22+,23+/m1/s1. The summed E-state index contributed by atoms with van der Waals surface area (Å²) in [4.78, 5) is 0. The summed E-state index contributed by atoms with van der Waals surface area (Å²) < 4.78 is 6.24. The van der Waals surface area contributed by atoms with E-state index >= 15 is 0 Å². The Hall–Kier alpha value is -1.17. The van der Waals surface area contributed by atoms with Gasteiger partial charge < -0.3 is 20.2 Å². The molecule has 5 aliphatic carbocycles. The normalized spacial score (nSPS) is 57.5. The zero-order chi connectivity index (χ0) is 19.3. The lowest BCUT2D eigenvalue weighted by molar-refractivity contribution is -0.196. The largest absolute Gasteiger partial charge is 0.411 e. The van der Waals surface area contributed by atoms with Gasteiger partial charge in [0.05, 0.1) is 11.3 Å². The van der Waals surface area contributed by atoms with Gasteiger partial charge in [-0.25, -0.2) is 0 Å². The fraction of sp³-hybridized carbons (Fsp3) is 0.783. The maximum atomic E-state index is 10.2. The number of oxime groups is 1. The number of aliphatic hydroxyl groups excluding tert-OH is 2. The number of fused-ring (bicyclic) bond motifs is 9. The van der Waals surface area contributed by atoms with E-state index in [2.05, 4.69) is 24.2 Å². The Balaban J connectivity index is 1.38. The molecule has 1 spiro atoms. The lowest BCUT2D eigenvalue weighted by Gasteiger charge is -2.58. The molecule has 5 nitrogen and oxygen atoms in total. The zero-order valence-corrected chi connectivity index (χ0v) is 16.5. The van der Waals surface area contributed by atoms with Crippen LogP contribution in [0.1, 0.15) is 45.4 Å². The van der Waals surface area contributed by atoms with Gasteiger partial charge in [-0.2, -0.15) is 0 Å². The first-order valence-electron chi connectivity index (χ1n) is 11.1. The van der Waals surface area contributed by atoms with Crippen molar-refractivity contribution in [1.82, 2.24) is 0 Å². The quantitative estimate of drug-likeness (QED) is 0.368. The first kappa shape index (κ1) is 17.7. The minimum Gasteiger partial charge on any atom is -0.411 e. The van der Waals surface area contributed by atoms with Gasteiger partial charge in [0.1, 0.15) is 0 Å². The Bertz CT molecular complexity index is 789. The summed E-state index contributed by atoms with van der Waals surface area (Å²) in [7, 11) is 0. The molecule has 0 aromatic heterocycles. The summed E-state index contributed by atoms with van der Waals surface area (Å²) in [6.07, 6.45) is 11.9. The van der Waals surface area contributed by atoms with Gasteiger partial charge in [0, 0.05) is 17.9 Å². The van der Waals surface area contributed by atoms with Crippen molar-refractivity contribution in [3.63, 3.8) is 0 Å². The molecule has 6 rings (SSSR count). The molecule has 0 aromatic rings. The third-order valence-corrected chi connectivity index (χ3v) is 9.68. The van der Waals surface area contributed by atoms with Crippen LogP contribution in [0.4, 0.5) is 0 Å². The van der Waals surface area contributed by atoms with Crippen LogP contribution >= 0.6 is 0 Å². The van der Waals surface area contributed by atoms with Gasteiger partial charge in [0.15, 0.2) is 6.29 Å². The Labute approximate surface area is 166 Å². The lowest BCUT2D eigenvalue weighted by Crippen LogP contribution is -2.56. The number of hydrogen-bond acceptors (Lipinski definition) is 5. The van der Waals surface area contributed by atoms with Gasteiger partial charge in [0.25, 0.3) is 0 Å². The monoisotopic (exact) mass is 385 g/mol. The van der Waals surface area contributed by atoms with E-state index in [1.54, 1.807) is 0 Å². The molecule has 28 heavy (non-hydrogen) atoms. The highest BCUT2D eigenvalue weighted by Gasteiger charge is 2.77. The van der Waals surface area contributed by atoms with Crippen LogP contribution in [0.3, 0.4) is 0 Å². The Kier molecular flexibility index (Phi) is 3.60. The Morgan fingerprint density at radius 1 is 1.21 bits per heavy atom. The third kappa shape index (κ3) is 2.01. The highest BCUT2D eigenvalue weighted by Crippen LogP contribution is 2.78. The average molecular weight is 386 g/mol. The van der Waals surface area contributed by atoms with Crippen molar-refractivity contribution in [3.05, 3.63) is 23.8 Å². The van der Waals surface area contributed by atoms with Crippen LogP contribution in [0.5, 0.6) is 0 Å². The average Bonchev–Trinajstić information content (AvgIpc) is 3.34. The molecule has 3 N–H and O–H groups in total. The summed E-state index contributed by atoms with van der Waals surface area (Å²) in [5, 5.41) is 33.0. The number of allylic oxidation sites excluding steroid dienone is 1. The fourth-order valence-corrected chi connectivity index (χ4v) is 8.67. The molecule has 0 saturated heterocycles. The highest BCUT2D eigenvalue weighted by atomic mass is 16.6. The molecule has 0 bridgehead atoms. The molecular weight excluding hydrogens is 354 g/mol. The SMILES string of the molecule is C[C@]12CCC3C(C[C@H](CO)C4=C/C(=N/O)CC[C@@H]43)C1[C@H]1C[C@H]1[C@@]21C=CC(O)O1. The van der Waals surface area contributed by atoms with Crippen LogP contribution in [-0.4, -0.2) is 39.6 Å². The second-order valence-corrected chi connectivity index (χ2v) is 10.5. The van der Waals surface area contributed by atoms with E-state index in [0.717, 1.165) is 31.4 Å². The molecule has 0 amide bonds. The number of hydrogen-bond donors (Lipinski definition) is 3. The molecule has 1 aliphatic heterocycles. The molecule has 5 heteroatoms. The van der Waals surface area contributed by atoms with E-state index in [9.17, 15) is 15.4 Å². The molecule has 4 unspecified atom stereocenters. The summed E-state index contributed by atoms with van der Waals surface area (Å²) in [5.74, 6) is 3.87. The summed E-state index contributed by atoms with van der Waals surface area (Å²) in [6.45, 7) is 2.60. The lowest BCUT2D eigenvalue weighted by atomic mass is 9.48. The van der Waals surface area contributed by atoms with Crippen molar-refractivity contribution < 1.29 is 20.2 Å². The molecule has 4 fully saturated rings. The van der Waals surface area contributed by atoms with Crippen molar-refractivity contribution in [1.29, 1.82) is 0 Å². The van der Waals surface area contributed by atoms with Crippen molar-refractivity contribution in [2.45, 2.75) is 57.3 Å². The van der Waals surface area contributed by atoms with Gasteiger partial charge >= 0.3 is 0 Å². The summed E-state index contributed by atoms with van der Waals surface area (Å²) in [6, 6.07) is 0. The molecule has 0 radical (unpaired) electrons. The van der Waals surface area contributed by atoms with Crippen molar-refractivity contribution >= 4 is 5.71 Å². The predicted octanol–water partition coefficient (Wildman–Crippen LogP) is 3.11. The molecule has 1 heterocycles. The van der Waals surface area contributed by atoms with Crippen molar-refractivity contribution in [2.75, 3.05) is 6.61 Å². The van der Waals surface area contributed by atoms with Gasteiger partial charge in [-0.1, -0.05) is 23.7 Å². The topological polar surface area (TPSA) is 82.3 Å². The Morgan fingerprint density at radius 3 is 2.79 bits per heavy atom. The van der Waals surface area contributed by atoms with Crippen LogP contribution < -0.4 is 0 Å². The molecule has 10 atom stereocenters. The van der Waals surface area contributed by atoms with Crippen LogP contribution in [-0.2, 0) is 4.74 Å². The predicted molar refractivity (Wildman–Crippen MR) is 104 cm³/mol. The van der Waals surface area contributed by atoms with E-state index in [-0.39, 0.29) is 23.5 Å². The first-order valence-corrected chi connectivity index (χ1v) is 11.1. The smallest absolute Gasteiger partial charge is 0.175 e. The highest BCUT2D eigenvalue weighted by molar-refractivity contribution is 5.96. The third-order valence-electron chi connectivity index (χ3n) is 9.68. The molecule has 6 aliphatic rings. The van der Waals surface area contributed by atoms with Crippen LogP contribution in [0, 0.1) is 46.8 Å². The van der Waals surface area contributed by atoms with Gasteiger partial charge in [-0.15, -0.1) is 0 Å². The van der Waals surface area contributed by atoms with Gasteiger partial charge in [0.2, 0.25) is 0 Å². The molecular formula is C23H31NO4. The van der Waals surface area contributed by atoms with E-state index in [0.29, 0.717) is 35.5 Å². The maximum Gasteiger partial charge on any atom is 0.175 e. The van der Waals surface area contributed by atoms with Crippen molar-refractivity contribution in [3.8, 4) is 0 Å². The molecule has 0 aromatic carbocycles. The number of ether oxygens (including phenoxy) is 1. The minimum atomic E-state index is -0.754. The number of rotatable bonds is 1. The van der Waals surface area contributed by atoms with E-state index in [1.807, 2.05) is 6.08 Å². The summed E-state index contributed by atoms with van der Waals surface area (Å²) >= 11 is 0. The molecule has 152 valence electrons. The maximum absolute atomic E-state index is 10.2. The number of nitrogens with zero attached hydrogens (tertiary/aromatic N) is 1. The second kappa shape index (κ2) is 5.71. The fourth-order valence-electron chi connectivity index (χ4n) is 8.67. The molecule has 4 saturated carbocycles. The van der Waals surface area contributed by atoms with Crippen molar-refractivity contribution in [2.24, 2.45) is 52.0 Å². The van der Waals surface area contributed by atoms with E-state index in [4.69, 9.17) is 4.74 Å². The zero-order valence-electron chi connectivity index (χ0n) is 16.5. The van der Waals surface area contributed by atoms with E-state index in [1.165, 1.54) is 18.4 Å². The Morgan fingerprint density at radius 2 is 2.07 bits per heavy atom. The van der Waals surface area contributed by atoms with Crippen LogP contribution in [0.2, 0.25) is 0 Å².